The van der Waals surface area contributed by atoms with Crippen molar-refractivity contribution in [3.63, 3.8) is 0 Å². The fourth-order valence-corrected chi connectivity index (χ4v) is 5.34. The van der Waals surface area contributed by atoms with Crippen LogP contribution in [0, 0.1) is 0 Å². The summed E-state index contributed by atoms with van der Waals surface area (Å²) in [6.45, 7) is 4.51. The molecule has 0 saturated carbocycles. The molecule has 40 heavy (non-hydrogen) atoms. The molecule has 0 aliphatic carbocycles. The maximum Gasteiger partial charge on any atom is 0.306 e. The molecular formula is C36H68O4. The molecule has 0 radical (unpaired) electrons. The van der Waals surface area contributed by atoms with Gasteiger partial charge in [0.05, 0.1) is 0 Å². The lowest BCUT2D eigenvalue weighted by molar-refractivity contribution is -0.150. The maximum atomic E-state index is 12.6. The first-order chi connectivity index (χ1) is 19.6. The first-order valence-electron chi connectivity index (χ1n) is 17.7. The molecule has 0 aromatic heterocycles. The summed E-state index contributed by atoms with van der Waals surface area (Å²) in [5.74, 6) is -0.674. The molecule has 0 spiro atoms. The number of ether oxygens (including phenoxy) is 1. The Morgan fingerprint density at radius 2 is 0.925 bits per heavy atom. The number of carboxylic acids is 1. The van der Waals surface area contributed by atoms with Crippen LogP contribution < -0.4 is 0 Å². The highest BCUT2D eigenvalue weighted by atomic mass is 16.5. The third kappa shape index (κ3) is 31.2. The summed E-state index contributed by atoms with van der Waals surface area (Å²) in [4.78, 5) is 23.2. The number of carboxylic acid groups (broad SMARTS) is 1. The van der Waals surface area contributed by atoms with Crippen molar-refractivity contribution in [3.05, 3.63) is 12.2 Å². The number of hydrogen-bond acceptors (Lipinski definition) is 3. The molecule has 1 N–H and O–H groups in total. The standard InChI is InChI=1S/C36H68O4/c1-3-5-7-9-11-13-14-16-21-25-29-33-36(39)40-34(30-26-22-18-15-12-10-8-6-4-2)31-27-23-19-17-20-24-28-32-35(37)38/h9,11,34H,3-8,10,12-33H2,1-2H3,(H,37,38)/b11-9-. The van der Waals surface area contributed by atoms with Gasteiger partial charge in [0, 0.05) is 12.8 Å². The predicted octanol–water partition coefficient (Wildman–Crippen LogP) is 11.9. The summed E-state index contributed by atoms with van der Waals surface area (Å²) in [7, 11) is 0. The molecule has 0 aliphatic rings. The molecule has 0 aliphatic heterocycles. The van der Waals surface area contributed by atoms with Gasteiger partial charge in [0.25, 0.3) is 0 Å². The van der Waals surface area contributed by atoms with Gasteiger partial charge in [-0.1, -0.05) is 142 Å². The monoisotopic (exact) mass is 565 g/mol. The van der Waals surface area contributed by atoms with Gasteiger partial charge in [0.15, 0.2) is 0 Å². The van der Waals surface area contributed by atoms with E-state index in [0.717, 1.165) is 51.4 Å². The topological polar surface area (TPSA) is 63.6 Å². The van der Waals surface area contributed by atoms with E-state index < -0.39 is 5.97 Å². The van der Waals surface area contributed by atoms with Crippen molar-refractivity contribution in [2.45, 2.75) is 206 Å². The zero-order valence-corrected chi connectivity index (χ0v) is 26.9. The Morgan fingerprint density at radius 1 is 0.525 bits per heavy atom. The van der Waals surface area contributed by atoms with Crippen LogP contribution in [0.3, 0.4) is 0 Å². The van der Waals surface area contributed by atoms with Gasteiger partial charge in [-0.2, -0.15) is 0 Å². The minimum Gasteiger partial charge on any atom is -0.481 e. The lowest BCUT2D eigenvalue weighted by Gasteiger charge is -2.18. The molecular weight excluding hydrogens is 496 g/mol. The fraction of sp³-hybridized carbons (Fsp3) is 0.889. The van der Waals surface area contributed by atoms with Gasteiger partial charge in [0.2, 0.25) is 0 Å². The molecule has 236 valence electrons. The van der Waals surface area contributed by atoms with E-state index in [1.165, 1.54) is 122 Å². The number of aliphatic carboxylic acids is 1. The largest absolute Gasteiger partial charge is 0.481 e. The van der Waals surface area contributed by atoms with Crippen LogP contribution in [0.4, 0.5) is 0 Å². The van der Waals surface area contributed by atoms with Crippen molar-refractivity contribution in [1.82, 2.24) is 0 Å². The van der Waals surface area contributed by atoms with Crippen LogP contribution in [-0.4, -0.2) is 23.1 Å². The van der Waals surface area contributed by atoms with Crippen molar-refractivity contribution in [2.75, 3.05) is 0 Å². The van der Waals surface area contributed by atoms with E-state index in [1.54, 1.807) is 0 Å². The Morgan fingerprint density at radius 3 is 1.43 bits per heavy atom. The van der Waals surface area contributed by atoms with E-state index in [4.69, 9.17) is 9.84 Å². The molecule has 4 nitrogen and oxygen atoms in total. The molecule has 0 amide bonds. The fourth-order valence-electron chi connectivity index (χ4n) is 5.34. The van der Waals surface area contributed by atoms with Gasteiger partial charge in [-0.3, -0.25) is 9.59 Å². The lowest BCUT2D eigenvalue weighted by Crippen LogP contribution is -2.18. The summed E-state index contributed by atoms with van der Waals surface area (Å²) in [6.07, 6.45) is 37.9. The second-order valence-electron chi connectivity index (χ2n) is 12.1. The number of carbonyl (C=O) groups is 2. The number of rotatable bonds is 32. The van der Waals surface area contributed by atoms with Crippen molar-refractivity contribution >= 4 is 11.9 Å². The van der Waals surface area contributed by atoms with Crippen LogP contribution in [0.5, 0.6) is 0 Å². The summed E-state index contributed by atoms with van der Waals surface area (Å²) < 4.78 is 5.99. The average molecular weight is 565 g/mol. The van der Waals surface area contributed by atoms with Gasteiger partial charge in [0.1, 0.15) is 6.10 Å². The Kier molecular flexibility index (Phi) is 31.1. The number of carbonyl (C=O) groups excluding carboxylic acids is 1. The van der Waals surface area contributed by atoms with Gasteiger partial charge >= 0.3 is 11.9 Å². The van der Waals surface area contributed by atoms with E-state index in [9.17, 15) is 9.59 Å². The summed E-state index contributed by atoms with van der Waals surface area (Å²) in [6, 6.07) is 0. The van der Waals surface area contributed by atoms with Gasteiger partial charge in [-0.15, -0.1) is 0 Å². The first kappa shape index (κ1) is 38.7. The quantitative estimate of drug-likeness (QED) is 0.0501. The minimum absolute atomic E-state index is 0.0122. The van der Waals surface area contributed by atoms with E-state index in [2.05, 4.69) is 26.0 Å². The molecule has 0 aromatic rings. The van der Waals surface area contributed by atoms with E-state index in [1.807, 2.05) is 0 Å². The lowest BCUT2D eigenvalue weighted by atomic mass is 10.0. The van der Waals surface area contributed by atoms with Crippen LogP contribution in [0.2, 0.25) is 0 Å². The highest BCUT2D eigenvalue weighted by Gasteiger charge is 2.14. The Labute approximate surface area is 249 Å². The number of hydrogen-bond donors (Lipinski definition) is 1. The second-order valence-corrected chi connectivity index (χ2v) is 12.1. The zero-order valence-electron chi connectivity index (χ0n) is 26.9. The van der Waals surface area contributed by atoms with Crippen LogP contribution >= 0.6 is 0 Å². The predicted molar refractivity (Wildman–Crippen MR) is 172 cm³/mol. The molecule has 0 bridgehead atoms. The van der Waals surface area contributed by atoms with Crippen molar-refractivity contribution in [3.8, 4) is 0 Å². The van der Waals surface area contributed by atoms with Crippen LogP contribution in [0.1, 0.15) is 200 Å². The molecule has 0 aromatic carbocycles. The zero-order chi connectivity index (χ0) is 29.4. The highest BCUT2D eigenvalue weighted by Crippen LogP contribution is 2.19. The molecule has 0 heterocycles. The third-order valence-corrected chi connectivity index (χ3v) is 7.99. The Balaban J connectivity index is 4.08. The van der Waals surface area contributed by atoms with Crippen LogP contribution in [0.25, 0.3) is 0 Å². The first-order valence-corrected chi connectivity index (χ1v) is 17.7. The van der Waals surface area contributed by atoms with Gasteiger partial charge < -0.3 is 9.84 Å². The highest BCUT2D eigenvalue weighted by molar-refractivity contribution is 5.69. The van der Waals surface area contributed by atoms with E-state index in [-0.39, 0.29) is 12.1 Å². The maximum absolute atomic E-state index is 12.6. The van der Waals surface area contributed by atoms with Crippen LogP contribution in [0.15, 0.2) is 12.2 Å². The minimum atomic E-state index is -0.686. The molecule has 1 unspecified atom stereocenters. The number of esters is 1. The molecule has 0 fully saturated rings. The smallest absolute Gasteiger partial charge is 0.306 e. The van der Waals surface area contributed by atoms with Crippen molar-refractivity contribution < 1.29 is 19.4 Å². The summed E-state index contributed by atoms with van der Waals surface area (Å²) in [5.41, 5.74) is 0. The molecule has 0 saturated heterocycles. The molecule has 1 atom stereocenters. The summed E-state index contributed by atoms with van der Waals surface area (Å²) >= 11 is 0. The Bertz CT molecular complexity index is 571. The van der Waals surface area contributed by atoms with E-state index >= 15 is 0 Å². The number of unbranched alkanes of at least 4 members (excludes halogenated alkanes) is 21. The second kappa shape index (κ2) is 32.2. The van der Waals surface area contributed by atoms with Crippen molar-refractivity contribution in [1.29, 1.82) is 0 Å². The third-order valence-electron chi connectivity index (χ3n) is 7.99. The Hall–Kier alpha value is -1.32. The molecule has 0 rings (SSSR count). The average Bonchev–Trinajstić information content (AvgIpc) is 2.93. The van der Waals surface area contributed by atoms with Crippen LogP contribution in [-0.2, 0) is 14.3 Å². The SMILES string of the molecule is CCCC/C=C\CCCCCCCC(=O)OC(CCCCCCCCCCC)CCCCCCCCCC(=O)O. The van der Waals surface area contributed by atoms with Gasteiger partial charge in [-0.25, -0.2) is 0 Å². The van der Waals surface area contributed by atoms with Crippen molar-refractivity contribution in [2.24, 2.45) is 0 Å². The normalized spacial score (nSPS) is 12.2. The summed E-state index contributed by atoms with van der Waals surface area (Å²) in [5, 5.41) is 8.73. The van der Waals surface area contributed by atoms with E-state index in [0.29, 0.717) is 12.8 Å². The van der Waals surface area contributed by atoms with Gasteiger partial charge in [-0.05, 0) is 57.8 Å². The molecule has 4 heteroatoms. The number of allylic oxidation sites excluding steroid dienone is 2.